The molecule has 4 rings (SSSR count). The molecule has 1 aliphatic carbocycles. The highest BCUT2D eigenvalue weighted by molar-refractivity contribution is 7.95. The van der Waals surface area contributed by atoms with Gasteiger partial charge in [0.05, 0.1) is 21.5 Å². The van der Waals surface area contributed by atoms with Gasteiger partial charge < -0.3 is 5.32 Å². The van der Waals surface area contributed by atoms with Gasteiger partial charge in [-0.15, -0.1) is 0 Å². The van der Waals surface area contributed by atoms with Crippen LogP contribution in [0, 0.1) is 17.0 Å². The molecule has 0 bridgehead atoms. The standard InChI is InChI=1S/C18H18N2O5S/c1-10-5-6-11(9-14(10)20(22)23)16-17-12(3-2-4-15(17)21)19-13-7-8-26(24,25)18(13)16/h5-6,9,16,19H,2-4,7-8H2,1H3/t16-/m0/s1. The first-order chi connectivity index (χ1) is 12.3. The van der Waals surface area contributed by atoms with E-state index in [1.807, 2.05) is 0 Å². The highest BCUT2D eigenvalue weighted by atomic mass is 32.2. The smallest absolute Gasteiger partial charge is 0.272 e. The van der Waals surface area contributed by atoms with Crippen LogP contribution in [0.5, 0.6) is 0 Å². The van der Waals surface area contributed by atoms with Crippen molar-refractivity contribution in [2.24, 2.45) is 0 Å². The van der Waals surface area contributed by atoms with E-state index in [0.717, 1.165) is 12.1 Å². The van der Waals surface area contributed by atoms with Crippen LogP contribution in [0.4, 0.5) is 5.69 Å². The molecular weight excluding hydrogens is 356 g/mol. The Labute approximate surface area is 150 Å². The summed E-state index contributed by atoms with van der Waals surface area (Å²) in [6.45, 7) is 1.64. The summed E-state index contributed by atoms with van der Waals surface area (Å²) in [6, 6.07) is 4.73. The molecule has 1 N–H and O–H groups in total. The van der Waals surface area contributed by atoms with Crippen LogP contribution in [0.25, 0.3) is 0 Å². The quantitative estimate of drug-likeness (QED) is 0.630. The largest absolute Gasteiger partial charge is 0.361 e. The number of nitro benzene ring substituents is 1. The number of benzene rings is 1. The molecule has 0 unspecified atom stereocenters. The van der Waals surface area contributed by atoms with E-state index in [2.05, 4.69) is 5.32 Å². The monoisotopic (exact) mass is 374 g/mol. The molecule has 0 saturated heterocycles. The molecule has 0 fully saturated rings. The Balaban J connectivity index is 1.96. The Morgan fingerprint density at radius 2 is 1.96 bits per heavy atom. The van der Waals surface area contributed by atoms with Gasteiger partial charge in [-0.3, -0.25) is 14.9 Å². The second-order valence-corrected chi connectivity index (χ2v) is 9.02. The SMILES string of the molecule is Cc1ccc([C@H]2C3=C(CCCC3=O)NC3=C2S(=O)(=O)CC3)cc1[N+](=O)[O-]. The highest BCUT2D eigenvalue weighted by Crippen LogP contribution is 2.47. The van der Waals surface area contributed by atoms with E-state index in [-0.39, 0.29) is 22.1 Å². The molecule has 0 amide bonds. The number of nitrogens with one attached hydrogen (secondary N) is 1. The van der Waals surface area contributed by atoms with Crippen LogP contribution in [0.1, 0.15) is 42.7 Å². The number of sulfone groups is 1. The Bertz CT molecular complexity index is 1020. The summed E-state index contributed by atoms with van der Waals surface area (Å²) in [5.74, 6) is -0.828. The molecule has 2 aliphatic heterocycles. The fourth-order valence-corrected chi connectivity index (χ4v) is 5.93. The maximum absolute atomic E-state index is 12.7. The van der Waals surface area contributed by atoms with Crippen molar-refractivity contribution in [3.63, 3.8) is 0 Å². The predicted octanol–water partition coefficient (Wildman–Crippen LogP) is 2.63. The van der Waals surface area contributed by atoms with E-state index in [1.165, 1.54) is 6.07 Å². The van der Waals surface area contributed by atoms with Crippen molar-refractivity contribution >= 4 is 21.3 Å². The molecule has 1 aromatic carbocycles. The summed E-state index contributed by atoms with van der Waals surface area (Å²) in [6.07, 6.45) is 2.16. The van der Waals surface area contributed by atoms with E-state index in [1.54, 1.807) is 19.1 Å². The summed E-state index contributed by atoms with van der Waals surface area (Å²) in [5, 5.41) is 14.5. The number of nitrogens with zero attached hydrogens (tertiary/aromatic N) is 1. The minimum atomic E-state index is -3.50. The first-order valence-electron chi connectivity index (χ1n) is 8.53. The first kappa shape index (κ1) is 17.0. The predicted molar refractivity (Wildman–Crippen MR) is 95.0 cm³/mol. The molecule has 1 aromatic rings. The lowest BCUT2D eigenvalue weighted by atomic mass is 9.79. The van der Waals surface area contributed by atoms with Gasteiger partial charge in [-0.25, -0.2) is 8.42 Å². The van der Waals surface area contributed by atoms with Crippen molar-refractivity contribution < 1.29 is 18.1 Å². The van der Waals surface area contributed by atoms with Crippen LogP contribution in [0.3, 0.4) is 0 Å². The number of ketones is 1. The number of carbonyl (C=O) groups excluding carboxylic acids is 1. The average molecular weight is 374 g/mol. The molecule has 0 spiro atoms. The lowest BCUT2D eigenvalue weighted by molar-refractivity contribution is -0.385. The second-order valence-electron chi connectivity index (χ2n) is 6.94. The van der Waals surface area contributed by atoms with Crippen LogP contribution in [-0.2, 0) is 14.6 Å². The number of Topliss-reactive ketones (excluding diaryl/α,β-unsaturated/α-hetero) is 1. The van der Waals surface area contributed by atoms with E-state index < -0.39 is 20.7 Å². The van der Waals surface area contributed by atoms with Crippen LogP contribution in [0.2, 0.25) is 0 Å². The first-order valence-corrected chi connectivity index (χ1v) is 10.2. The highest BCUT2D eigenvalue weighted by Gasteiger charge is 2.44. The van der Waals surface area contributed by atoms with Gasteiger partial charge in [-0.1, -0.05) is 12.1 Å². The van der Waals surface area contributed by atoms with Crippen molar-refractivity contribution in [1.29, 1.82) is 0 Å². The zero-order valence-corrected chi connectivity index (χ0v) is 15.1. The van der Waals surface area contributed by atoms with Crippen LogP contribution < -0.4 is 5.32 Å². The Morgan fingerprint density at radius 1 is 1.19 bits per heavy atom. The Hall–Kier alpha value is -2.48. The topological polar surface area (TPSA) is 106 Å². The summed E-state index contributed by atoms with van der Waals surface area (Å²) < 4.78 is 25.4. The van der Waals surface area contributed by atoms with Crippen LogP contribution >= 0.6 is 0 Å². The molecule has 0 radical (unpaired) electrons. The Morgan fingerprint density at radius 3 is 2.69 bits per heavy atom. The number of hydrogen-bond donors (Lipinski definition) is 1. The minimum Gasteiger partial charge on any atom is -0.361 e. The number of rotatable bonds is 2. The van der Waals surface area contributed by atoms with E-state index in [4.69, 9.17) is 0 Å². The average Bonchev–Trinajstić information content (AvgIpc) is 2.89. The maximum Gasteiger partial charge on any atom is 0.272 e. The summed E-state index contributed by atoms with van der Waals surface area (Å²) in [5.41, 5.74) is 2.78. The molecule has 3 aliphatic rings. The lowest BCUT2D eigenvalue weighted by Gasteiger charge is -2.33. The Kier molecular flexibility index (Phi) is 3.76. The normalized spacial score (nSPS) is 24.2. The van der Waals surface area contributed by atoms with Gasteiger partial charge in [-0.05, 0) is 25.3 Å². The zero-order valence-electron chi connectivity index (χ0n) is 14.2. The third-order valence-corrected chi connectivity index (χ3v) is 7.22. The number of carbonyl (C=O) groups is 1. The number of nitro groups is 1. The van der Waals surface area contributed by atoms with Gasteiger partial charge in [0, 0.05) is 41.4 Å². The van der Waals surface area contributed by atoms with Crippen molar-refractivity contribution in [1.82, 2.24) is 5.32 Å². The maximum atomic E-state index is 12.7. The second kappa shape index (κ2) is 5.77. The molecule has 26 heavy (non-hydrogen) atoms. The summed E-state index contributed by atoms with van der Waals surface area (Å²) in [4.78, 5) is 23.7. The van der Waals surface area contributed by atoms with Crippen LogP contribution in [0.15, 0.2) is 40.1 Å². The third-order valence-electron chi connectivity index (χ3n) is 5.33. The number of aryl methyl sites for hydroxylation is 1. The summed E-state index contributed by atoms with van der Waals surface area (Å²) in [7, 11) is -3.50. The van der Waals surface area contributed by atoms with Gasteiger partial charge >= 0.3 is 0 Å². The van der Waals surface area contributed by atoms with Crippen LogP contribution in [-0.4, -0.2) is 24.9 Å². The fourth-order valence-electron chi connectivity index (χ4n) is 4.10. The van der Waals surface area contributed by atoms with Gasteiger partial charge in [0.15, 0.2) is 15.6 Å². The van der Waals surface area contributed by atoms with Crippen molar-refractivity contribution in [2.75, 3.05) is 5.75 Å². The fraction of sp³-hybridized carbons (Fsp3) is 0.389. The number of allylic oxidation sites excluding steroid dienone is 4. The van der Waals surface area contributed by atoms with E-state index in [0.29, 0.717) is 41.7 Å². The summed E-state index contributed by atoms with van der Waals surface area (Å²) >= 11 is 0. The molecule has 8 heteroatoms. The van der Waals surface area contributed by atoms with Crippen molar-refractivity contribution in [3.05, 3.63) is 61.3 Å². The lowest BCUT2D eigenvalue weighted by Crippen LogP contribution is -2.32. The number of dihydropyridines is 1. The van der Waals surface area contributed by atoms with Gasteiger partial charge in [0.25, 0.3) is 5.69 Å². The van der Waals surface area contributed by atoms with Gasteiger partial charge in [-0.2, -0.15) is 0 Å². The van der Waals surface area contributed by atoms with Crippen molar-refractivity contribution in [2.45, 2.75) is 38.5 Å². The minimum absolute atomic E-state index is 0.00384. The molecule has 2 heterocycles. The zero-order chi connectivity index (χ0) is 18.6. The molecular formula is C18H18N2O5S. The van der Waals surface area contributed by atoms with E-state index >= 15 is 0 Å². The molecule has 0 aromatic heterocycles. The molecule has 1 atom stereocenters. The third kappa shape index (κ3) is 2.47. The number of hydrogen-bond acceptors (Lipinski definition) is 6. The molecule has 0 saturated carbocycles. The van der Waals surface area contributed by atoms with E-state index in [9.17, 15) is 23.3 Å². The van der Waals surface area contributed by atoms with Crippen molar-refractivity contribution in [3.8, 4) is 0 Å². The molecule has 7 nitrogen and oxygen atoms in total. The molecule has 136 valence electrons. The van der Waals surface area contributed by atoms with Gasteiger partial charge in [0.2, 0.25) is 0 Å². The van der Waals surface area contributed by atoms with Gasteiger partial charge in [0.1, 0.15) is 0 Å².